The zero-order chi connectivity index (χ0) is 33.9. The second-order valence-corrected chi connectivity index (χ2v) is 12.6. The fraction of sp³-hybridized carbons (Fsp3) is 0.417. The third kappa shape index (κ3) is 9.26. The number of imidazole rings is 1. The van der Waals surface area contributed by atoms with E-state index in [4.69, 9.17) is 40.3 Å². The van der Waals surface area contributed by atoms with Gasteiger partial charge in [-0.25, -0.2) is 18.2 Å². The van der Waals surface area contributed by atoms with Crippen LogP contribution in [0.15, 0.2) is 59.8 Å². The first-order valence-electron chi connectivity index (χ1n) is 16.1. The van der Waals surface area contributed by atoms with Crippen molar-refractivity contribution in [1.29, 1.82) is 0 Å². The van der Waals surface area contributed by atoms with E-state index in [2.05, 4.69) is 0 Å². The van der Waals surface area contributed by atoms with Crippen LogP contribution in [0.1, 0.15) is 54.6 Å². The minimum absolute atomic E-state index is 0.0128. The van der Waals surface area contributed by atoms with Crippen molar-refractivity contribution in [3.63, 3.8) is 0 Å². The van der Waals surface area contributed by atoms with Gasteiger partial charge in [-0.15, -0.1) is 0 Å². The van der Waals surface area contributed by atoms with Crippen molar-refractivity contribution in [3.05, 3.63) is 99.6 Å². The van der Waals surface area contributed by atoms with Gasteiger partial charge in [-0.05, 0) is 67.6 Å². The number of rotatable bonds is 18. The van der Waals surface area contributed by atoms with E-state index in [-0.39, 0.29) is 42.0 Å². The lowest BCUT2D eigenvalue weighted by Gasteiger charge is -2.26. The average molecular weight is 705 g/mol. The molecule has 1 aliphatic rings. The van der Waals surface area contributed by atoms with Crippen LogP contribution in [-0.2, 0) is 26.4 Å². The molecule has 0 N–H and O–H groups in total. The van der Waals surface area contributed by atoms with Gasteiger partial charge < -0.3 is 23.7 Å². The normalized spacial score (nSPS) is 14.2. The highest BCUT2D eigenvalue weighted by molar-refractivity contribution is 7.98. The maximum absolute atomic E-state index is 15.2. The van der Waals surface area contributed by atoms with E-state index in [9.17, 15) is 4.39 Å². The van der Waals surface area contributed by atoms with Crippen LogP contribution in [0, 0.1) is 17.5 Å². The van der Waals surface area contributed by atoms with E-state index in [1.807, 2.05) is 29.7 Å². The van der Waals surface area contributed by atoms with Crippen LogP contribution in [-0.4, -0.2) is 62.9 Å². The number of halogens is 4. The smallest absolute Gasteiger partial charge is 0.173 e. The van der Waals surface area contributed by atoms with Crippen molar-refractivity contribution in [3.8, 4) is 17.2 Å². The molecular formula is C36H40ClF3N2O5S. The summed E-state index contributed by atoms with van der Waals surface area (Å²) in [6, 6.07) is 14.2. The molecule has 0 bridgehead atoms. The number of thioether (sulfide) groups is 1. The number of hydrogen-bond acceptors (Lipinski definition) is 7. The molecule has 1 aromatic heterocycles. The summed E-state index contributed by atoms with van der Waals surface area (Å²) in [6.45, 7) is 4.98. The second kappa shape index (κ2) is 18.0. The molecule has 0 amide bonds. The molecule has 0 saturated heterocycles. The Kier molecular flexibility index (Phi) is 13.5. The molecular weight excluding hydrogens is 665 g/mol. The Labute approximate surface area is 288 Å². The van der Waals surface area contributed by atoms with E-state index in [1.165, 1.54) is 36.0 Å². The number of aryl methyl sites for hydroxylation is 1. The molecule has 0 spiro atoms. The molecule has 258 valence electrons. The van der Waals surface area contributed by atoms with Gasteiger partial charge in [-0.1, -0.05) is 36.4 Å². The van der Waals surface area contributed by atoms with Gasteiger partial charge >= 0.3 is 0 Å². The molecule has 1 heterocycles. The van der Waals surface area contributed by atoms with Crippen molar-refractivity contribution in [2.24, 2.45) is 0 Å². The fourth-order valence-corrected chi connectivity index (χ4v) is 6.85. The van der Waals surface area contributed by atoms with Crippen LogP contribution >= 0.6 is 23.4 Å². The zero-order valence-electron chi connectivity index (χ0n) is 27.1. The van der Waals surface area contributed by atoms with Crippen LogP contribution < -0.4 is 9.47 Å². The highest BCUT2D eigenvalue weighted by Crippen LogP contribution is 2.43. The lowest BCUT2D eigenvalue weighted by molar-refractivity contribution is 0.00942. The molecule has 4 aromatic rings. The zero-order valence-corrected chi connectivity index (χ0v) is 28.7. The van der Waals surface area contributed by atoms with Crippen molar-refractivity contribution in [2.75, 3.05) is 53.4 Å². The first kappa shape index (κ1) is 36.1. The second-order valence-electron chi connectivity index (χ2n) is 11.2. The average Bonchev–Trinajstić information content (AvgIpc) is 3.46. The summed E-state index contributed by atoms with van der Waals surface area (Å²) in [4.78, 5) is 4.95. The predicted octanol–water partition coefficient (Wildman–Crippen LogP) is 8.55. The Bertz CT molecular complexity index is 1620. The fourth-order valence-electron chi connectivity index (χ4n) is 5.60. The number of fused-ring (bicyclic) bond motifs is 1. The highest BCUT2D eigenvalue weighted by Gasteiger charge is 2.31. The number of aromatic nitrogens is 2. The van der Waals surface area contributed by atoms with Crippen molar-refractivity contribution < 1.29 is 36.9 Å². The van der Waals surface area contributed by atoms with E-state index in [0.29, 0.717) is 54.7 Å². The summed E-state index contributed by atoms with van der Waals surface area (Å²) in [6.07, 6.45) is 3.48. The maximum Gasteiger partial charge on any atom is 0.173 e. The van der Waals surface area contributed by atoms with Crippen LogP contribution in [0.3, 0.4) is 0 Å². The van der Waals surface area contributed by atoms with Gasteiger partial charge in [-0.3, -0.25) is 4.57 Å². The largest absolute Gasteiger partial charge is 0.495 e. The number of ether oxygens (including phenoxy) is 5. The Morgan fingerprint density at radius 2 is 1.54 bits per heavy atom. The van der Waals surface area contributed by atoms with Crippen molar-refractivity contribution in [1.82, 2.24) is 9.55 Å². The molecule has 0 fully saturated rings. The lowest BCUT2D eigenvalue weighted by Crippen LogP contribution is -2.15. The summed E-state index contributed by atoms with van der Waals surface area (Å²) in [5.74, 6) is -1.20. The Balaban J connectivity index is 1.27. The van der Waals surface area contributed by atoms with Gasteiger partial charge in [0.1, 0.15) is 35.6 Å². The first-order valence-corrected chi connectivity index (χ1v) is 17.4. The molecule has 3 aromatic carbocycles. The van der Waals surface area contributed by atoms with E-state index >= 15 is 8.78 Å². The van der Waals surface area contributed by atoms with Gasteiger partial charge in [0.25, 0.3) is 0 Å². The summed E-state index contributed by atoms with van der Waals surface area (Å²) in [7, 11) is 1.57. The number of nitrogens with zero attached hydrogens (tertiary/aromatic N) is 2. The molecule has 0 saturated carbocycles. The van der Waals surface area contributed by atoms with Gasteiger partial charge in [0.05, 0.1) is 56.6 Å². The van der Waals surface area contributed by atoms with Gasteiger partial charge in [0, 0.05) is 41.7 Å². The number of hydrogen-bond donors (Lipinski definition) is 0. The van der Waals surface area contributed by atoms with Crippen molar-refractivity contribution >= 4 is 23.4 Å². The quantitative estimate of drug-likeness (QED) is 0.0760. The minimum atomic E-state index is -0.715. The molecule has 1 unspecified atom stereocenters. The Morgan fingerprint density at radius 1 is 0.875 bits per heavy atom. The highest BCUT2D eigenvalue weighted by atomic mass is 35.5. The summed E-state index contributed by atoms with van der Waals surface area (Å²) < 4.78 is 73.7. The molecule has 0 radical (unpaired) electrons. The number of benzene rings is 3. The molecule has 48 heavy (non-hydrogen) atoms. The standard InChI is InChI=1S/C36H40ClF3N2O5S/c1-3-13-44-14-15-45-16-17-46-18-19-47-27-21-31(39)29(32(40)22-27)23-48-36-41-33-6-4-5-28(24-7-12-30(37)34(20-24)43-2)35(33)42(36)26-10-8-25(38)9-11-26/h7-12,20-22,28H,3-6,13-19,23H2,1-2H3. The third-order valence-corrected chi connectivity index (χ3v) is 9.18. The molecule has 0 aliphatic heterocycles. The Hall–Kier alpha value is -3.22. The van der Waals surface area contributed by atoms with Crippen LogP contribution in [0.5, 0.6) is 11.5 Å². The van der Waals surface area contributed by atoms with E-state index < -0.39 is 11.6 Å². The predicted molar refractivity (Wildman–Crippen MR) is 180 cm³/mol. The minimum Gasteiger partial charge on any atom is -0.495 e. The van der Waals surface area contributed by atoms with Crippen LogP contribution in [0.2, 0.25) is 5.02 Å². The molecule has 1 aliphatic carbocycles. The Morgan fingerprint density at radius 3 is 2.21 bits per heavy atom. The topological polar surface area (TPSA) is 64.0 Å². The summed E-state index contributed by atoms with van der Waals surface area (Å²) in [5, 5.41) is 1.08. The molecule has 7 nitrogen and oxygen atoms in total. The SMILES string of the molecule is CCCOCCOCCOCCOc1cc(F)c(CSc2nc3c(n2-c2ccc(F)cc2)C(c2ccc(Cl)c(OC)c2)CCC3)c(F)c1. The molecule has 5 rings (SSSR count). The maximum atomic E-state index is 15.2. The van der Waals surface area contributed by atoms with Crippen molar-refractivity contribution in [2.45, 2.75) is 49.4 Å². The van der Waals surface area contributed by atoms with Gasteiger partial charge in [-0.2, -0.15) is 0 Å². The molecule has 1 atom stereocenters. The van der Waals surface area contributed by atoms with Crippen LogP contribution in [0.4, 0.5) is 13.2 Å². The van der Waals surface area contributed by atoms with E-state index in [0.717, 1.165) is 42.6 Å². The van der Waals surface area contributed by atoms with Gasteiger partial charge in [0.2, 0.25) is 0 Å². The number of methoxy groups -OCH3 is 1. The third-order valence-electron chi connectivity index (χ3n) is 7.91. The monoisotopic (exact) mass is 704 g/mol. The van der Waals surface area contributed by atoms with E-state index in [1.54, 1.807) is 19.2 Å². The van der Waals surface area contributed by atoms with Gasteiger partial charge in [0.15, 0.2) is 5.16 Å². The first-order chi connectivity index (χ1) is 23.4. The van der Waals surface area contributed by atoms with Crippen LogP contribution in [0.25, 0.3) is 5.69 Å². The summed E-state index contributed by atoms with van der Waals surface area (Å²) >= 11 is 7.54. The lowest BCUT2D eigenvalue weighted by atomic mass is 9.84. The molecule has 12 heteroatoms. The summed E-state index contributed by atoms with van der Waals surface area (Å²) in [5.41, 5.74) is 3.48.